The van der Waals surface area contributed by atoms with Gasteiger partial charge in [-0.3, -0.25) is 0 Å². The van der Waals surface area contributed by atoms with Crippen LogP contribution in [0.4, 0.5) is 4.39 Å². The molecule has 2 aromatic rings. The summed E-state index contributed by atoms with van der Waals surface area (Å²) >= 11 is 6.04. The summed E-state index contributed by atoms with van der Waals surface area (Å²) in [6, 6.07) is 11.1. The minimum absolute atomic E-state index is 0.316. The highest BCUT2D eigenvalue weighted by Crippen LogP contribution is 2.33. The van der Waals surface area contributed by atoms with Crippen molar-refractivity contribution in [3.63, 3.8) is 0 Å². The average Bonchev–Trinajstić information content (AvgIpc) is 2.40. The monoisotopic (exact) mass is 261 g/mol. The summed E-state index contributed by atoms with van der Waals surface area (Å²) < 4.78 is 18.9. The molecule has 0 fully saturated rings. The third kappa shape index (κ3) is 2.29. The van der Waals surface area contributed by atoms with Crippen molar-refractivity contribution in [1.29, 1.82) is 5.26 Å². The van der Waals surface area contributed by atoms with Crippen LogP contribution in [0.1, 0.15) is 5.56 Å². The molecule has 0 N–H and O–H groups in total. The van der Waals surface area contributed by atoms with E-state index in [0.29, 0.717) is 27.5 Å². The Balaban J connectivity index is 2.64. The highest BCUT2D eigenvalue weighted by atomic mass is 35.5. The predicted octanol–water partition coefficient (Wildman–Crippen LogP) is 4.03. The van der Waals surface area contributed by atoms with Gasteiger partial charge in [0.25, 0.3) is 0 Å². The van der Waals surface area contributed by atoms with E-state index in [4.69, 9.17) is 21.6 Å². The summed E-state index contributed by atoms with van der Waals surface area (Å²) in [5, 5.41) is 9.25. The molecule has 0 bridgehead atoms. The fraction of sp³-hybridized carbons (Fsp3) is 0.0714. The van der Waals surface area contributed by atoms with E-state index in [0.717, 1.165) is 0 Å². The Morgan fingerprint density at radius 1 is 1.17 bits per heavy atom. The van der Waals surface area contributed by atoms with Crippen molar-refractivity contribution >= 4 is 11.6 Å². The van der Waals surface area contributed by atoms with Crippen LogP contribution in [0, 0.1) is 17.1 Å². The molecule has 0 heterocycles. The van der Waals surface area contributed by atoms with Crippen LogP contribution in [0.15, 0.2) is 36.4 Å². The van der Waals surface area contributed by atoms with Gasteiger partial charge in [0.1, 0.15) is 11.6 Å². The quantitative estimate of drug-likeness (QED) is 0.818. The van der Waals surface area contributed by atoms with E-state index in [2.05, 4.69) is 0 Å². The van der Waals surface area contributed by atoms with Crippen LogP contribution >= 0.6 is 11.6 Å². The smallest absolute Gasteiger partial charge is 0.131 e. The lowest BCUT2D eigenvalue weighted by atomic mass is 10.0. The summed E-state index contributed by atoms with van der Waals surface area (Å²) in [5.74, 6) is 0.123. The summed E-state index contributed by atoms with van der Waals surface area (Å²) in [7, 11) is 1.50. The molecule has 0 aliphatic carbocycles. The van der Waals surface area contributed by atoms with Crippen molar-refractivity contribution < 1.29 is 9.13 Å². The zero-order chi connectivity index (χ0) is 13.1. The zero-order valence-electron chi connectivity index (χ0n) is 9.58. The number of hydrogen-bond donors (Lipinski definition) is 0. The third-order valence-corrected chi connectivity index (χ3v) is 2.89. The molecule has 0 saturated carbocycles. The Morgan fingerprint density at radius 3 is 2.61 bits per heavy atom. The second kappa shape index (κ2) is 5.07. The predicted molar refractivity (Wildman–Crippen MR) is 68.1 cm³/mol. The molecule has 0 radical (unpaired) electrons. The van der Waals surface area contributed by atoms with Gasteiger partial charge < -0.3 is 4.74 Å². The minimum Gasteiger partial charge on any atom is -0.497 e. The van der Waals surface area contributed by atoms with Crippen LogP contribution in [0.25, 0.3) is 11.1 Å². The standard InChI is InChI=1S/C14H9ClFNO/c1-18-10-3-5-14(16)12(7-10)11-6-9(8-17)2-4-13(11)15/h2-7H,1H3. The van der Waals surface area contributed by atoms with Crippen molar-refractivity contribution in [2.75, 3.05) is 7.11 Å². The van der Waals surface area contributed by atoms with Crippen molar-refractivity contribution in [3.05, 3.63) is 52.8 Å². The second-order valence-electron chi connectivity index (χ2n) is 3.65. The van der Waals surface area contributed by atoms with Crippen molar-refractivity contribution in [3.8, 4) is 22.9 Å². The summed E-state index contributed by atoms with van der Waals surface area (Å²) in [6.45, 7) is 0. The van der Waals surface area contributed by atoms with Crippen molar-refractivity contribution in [2.24, 2.45) is 0 Å². The highest BCUT2D eigenvalue weighted by molar-refractivity contribution is 6.33. The first-order chi connectivity index (χ1) is 8.65. The third-order valence-electron chi connectivity index (χ3n) is 2.56. The molecule has 0 atom stereocenters. The van der Waals surface area contributed by atoms with E-state index in [1.54, 1.807) is 24.3 Å². The van der Waals surface area contributed by atoms with Gasteiger partial charge in [-0.2, -0.15) is 5.26 Å². The van der Waals surface area contributed by atoms with E-state index in [9.17, 15) is 4.39 Å². The number of hydrogen-bond acceptors (Lipinski definition) is 2. The second-order valence-corrected chi connectivity index (χ2v) is 4.06. The maximum absolute atomic E-state index is 13.8. The number of methoxy groups -OCH3 is 1. The number of nitriles is 1. The highest BCUT2D eigenvalue weighted by Gasteiger charge is 2.11. The fourth-order valence-electron chi connectivity index (χ4n) is 1.64. The Bertz CT molecular complexity index is 634. The lowest BCUT2D eigenvalue weighted by Gasteiger charge is -2.08. The van der Waals surface area contributed by atoms with Gasteiger partial charge in [0.2, 0.25) is 0 Å². The molecule has 0 amide bonds. The van der Waals surface area contributed by atoms with E-state index in [1.165, 1.54) is 19.2 Å². The molecule has 2 nitrogen and oxygen atoms in total. The average molecular weight is 262 g/mol. The van der Waals surface area contributed by atoms with E-state index < -0.39 is 5.82 Å². The first-order valence-electron chi connectivity index (χ1n) is 5.19. The van der Waals surface area contributed by atoms with Gasteiger partial charge >= 0.3 is 0 Å². The summed E-state index contributed by atoms with van der Waals surface area (Å²) in [5.41, 5.74) is 1.22. The lowest BCUT2D eigenvalue weighted by Crippen LogP contribution is -1.90. The Kier molecular flexibility index (Phi) is 3.50. The van der Waals surface area contributed by atoms with Gasteiger partial charge in [-0.05, 0) is 36.4 Å². The van der Waals surface area contributed by atoms with E-state index >= 15 is 0 Å². The summed E-state index contributed by atoms with van der Waals surface area (Å²) in [4.78, 5) is 0. The Labute approximate surface area is 109 Å². The molecule has 4 heteroatoms. The van der Waals surface area contributed by atoms with E-state index in [1.807, 2.05) is 6.07 Å². The number of halogens is 2. The van der Waals surface area contributed by atoms with Crippen LogP contribution in [-0.4, -0.2) is 7.11 Å². The molecule has 18 heavy (non-hydrogen) atoms. The van der Waals surface area contributed by atoms with Crippen LogP contribution in [0.5, 0.6) is 5.75 Å². The van der Waals surface area contributed by atoms with Crippen LogP contribution in [0.3, 0.4) is 0 Å². The molecule has 90 valence electrons. The zero-order valence-corrected chi connectivity index (χ0v) is 10.3. The van der Waals surface area contributed by atoms with E-state index in [-0.39, 0.29) is 0 Å². The molecular weight excluding hydrogens is 253 g/mol. The molecule has 0 aliphatic heterocycles. The SMILES string of the molecule is COc1ccc(F)c(-c2cc(C#N)ccc2Cl)c1. The molecule has 0 spiro atoms. The maximum Gasteiger partial charge on any atom is 0.131 e. The molecule has 0 aromatic heterocycles. The molecule has 0 unspecified atom stereocenters. The van der Waals surface area contributed by atoms with Gasteiger partial charge in [0.15, 0.2) is 0 Å². The molecule has 2 rings (SSSR count). The molecule has 0 aliphatic rings. The Hall–Kier alpha value is -2.05. The van der Waals surface area contributed by atoms with Crippen molar-refractivity contribution in [2.45, 2.75) is 0 Å². The van der Waals surface area contributed by atoms with Gasteiger partial charge in [0.05, 0.1) is 18.7 Å². The summed E-state index contributed by atoms with van der Waals surface area (Å²) in [6.07, 6.45) is 0. The van der Waals surface area contributed by atoms with Crippen LogP contribution in [0.2, 0.25) is 5.02 Å². The number of nitrogens with zero attached hydrogens (tertiary/aromatic N) is 1. The van der Waals surface area contributed by atoms with Gasteiger partial charge in [-0.25, -0.2) is 4.39 Å². The molecular formula is C14H9ClFNO. The van der Waals surface area contributed by atoms with Crippen molar-refractivity contribution in [1.82, 2.24) is 0 Å². The molecule has 2 aromatic carbocycles. The fourth-order valence-corrected chi connectivity index (χ4v) is 1.86. The number of rotatable bonds is 2. The first kappa shape index (κ1) is 12.4. The number of ether oxygens (including phenoxy) is 1. The lowest BCUT2D eigenvalue weighted by molar-refractivity contribution is 0.414. The van der Waals surface area contributed by atoms with Crippen LogP contribution < -0.4 is 4.74 Å². The largest absolute Gasteiger partial charge is 0.497 e. The number of benzene rings is 2. The van der Waals surface area contributed by atoms with Gasteiger partial charge in [-0.15, -0.1) is 0 Å². The topological polar surface area (TPSA) is 33.0 Å². The Morgan fingerprint density at radius 2 is 1.94 bits per heavy atom. The normalized spacial score (nSPS) is 9.89. The van der Waals surface area contributed by atoms with Gasteiger partial charge in [-0.1, -0.05) is 11.6 Å². The maximum atomic E-state index is 13.8. The molecule has 0 saturated heterocycles. The van der Waals surface area contributed by atoms with Gasteiger partial charge in [0, 0.05) is 16.1 Å². The minimum atomic E-state index is -0.409. The first-order valence-corrected chi connectivity index (χ1v) is 5.57. The van der Waals surface area contributed by atoms with Crippen LogP contribution in [-0.2, 0) is 0 Å².